The van der Waals surface area contributed by atoms with Crippen molar-refractivity contribution in [2.24, 2.45) is 0 Å². The number of hydrogen-bond acceptors (Lipinski definition) is 4. The quantitative estimate of drug-likeness (QED) is 0.731. The first-order chi connectivity index (χ1) is 10.1. The highest BCUT2D eigenvalue weighted by Gasteiger charge is 2.13. The summed E-state index contributed by atoms with van der Waals surface area (Å²) in [4.78, 5) is 4.29. The molecule has 0 aliphatic heterocycles. The first-order valence-corrected chi connectivity index (χ1v) is 7.03. The van der Waals surface area contributed by atoms with Crippen LogP contribution in [0.5, 0.6) is 0 Å². The molecule has 2 aromatic carbocycles. The molecule has 0 bridgehead atoms. The maximum atomic E-state index is 13.3. The summed E-state index contributed by atoms with van der Waals surface area (Å²) in [6.45, 7) is 0. The Morgan fingerprint density at radius 2 is 1.90 bits per heavy atom. The molecule has 0 radical (unpaired) electrons. The number of nitrogens with zero attached hydrogens (tertiary/aromatic N) is 2. The lowest BCUT2D eigenvalue weighted by atomic mass is 10.1. The van der Waals surface area contributed by atoms with Gasteiger partial charge in [-0.3, -0.25) is 0 Å². The maximum Gasteiger partial charge on any atom is 0.231 e. The molecule has 0 saturated heterocycles. The molecule has 0 aliphatic carbocycles. The molecule has 6 heteroatoms. The van der Waals surface area contributed by atoms with Crippen molar-refractivity contribution in [3.63, 3.8) is 0 Å². The summed E-state index contributed by atoms with van der Waals surface area (Å²) in [5, 5.41) is 3.89. The molecule has 4 nitrogen and oxygen atoms in total. The molecule has 0 fully saturated rings. The Hall–Kier alpha value is -2.21. The Balaban J connectivity index is 1.86. The highest BCUT2D eigenvalue weighted by atomic mass is 79.9. The van der Waals surface area contributed by atoms with Crippen LogP contribution in [-0.4, -0.2) is 10.1 Å². The first-order valence-electron chi connectivity index (χ1n) is 6.24. The van der Waals surface area contributed by atoms with Crippen LogP contribution in [0.4, 0.5) is 10.1 Å². The van der Waals surface area contributed by atoms with Gasteiger partial charge in [0.1, 0.15) is 5.82 Å². The molecular formula is C15H11BrFN3O. The van der Waals surface area contributed by atoms with E-state index in [-0.39, 0.29) is 5.82 Å². The molecule has 2 N–H and O–H groups in total. The third-order valence-electron chi connectivity index (χ3n) is 2.97. The normalized spacial score (nSPS) is 10.8. The van der Waals surface area contributed by atoms with Gasteiger partial charge >= 0.3 is 0 Å². The smallest absolute Gasteiger partial charge is 0.231 e. The standard InChI is InChI=1S/C15H11BrFN3O/c16-13-6-3-10(17)8-12(13)15-19-14(21-20-15)7-9-1-4-11(18)5-2-9/h1-6,8H,7,18H2. The van der Waals surface area contributed by atoms with E-state index in [1.807, 2.05) is 24.3 Å². The van der Waals surface area contributed by atoms with Crippen LogP contribution in [0.1, 0.15) is 11.5 Å². The predicted molar refractivity (Wildman–Crippen MR) is 81.1 cm³/mol. The van der Waals surface area contributed by atoms with Crippen LogP contribution in [0.15, 0.2) is 51.5 Å². The van der Waals surface area contributed by atoms with Gasteiger partial charge in [-0.25, -0.2) is 4.39 Å². The third kappa shape index (κ3) is 3.11. The number of hydrogen-bond donors (Lipinski definition) is 1. The van der Waals surface area contributed by atoms with E-state index in [1.54, 1.807) is 6.07 Å². The monoisotopic (exact) mass is 347 g/mol. The molecule has 0 aliphatic rings. The zero-order valence-corrected chi connectivity index (χ0v) is 12.5. The van der Waals surface area contributed by atoms with E-state index >= 15 is 0 Å². The number of halogens is 2. The summed E-state index contributed by atoms with van der Waals surface area (Å²) in [5.74, 6) is 0.468. The van der Waals surface area contributed by atoms with Crippen molar-refractivity contribution in [3.8, 4) is 11.4 Å². The number of rotatable bonds is 3. The summed E-state index contributed by atoms with van der Waals surface area (Å²) >= 11 is 3.35. The Bertz CT molecular complexity index is 771. The average Bonchev–Trinajstić information content (AvgIpc) is 2.92. The molecule has 3 aromatic rings. The molecular weight excluding hydrogens is 337 g/mol. The summed E-state index contributed by atoms with van der Waals surface area (Å²) in [6, 6.07) is 11.8. The van der Waals surface area contributed by atoms with Crippen LogP contribution in [0.3, 0.4) is 0 Å². The van der Waals surface area contributed by atoms with Crippen molar-refractivity contribution in [3.05, 3.63) is 64.2 Å². The van der Waals surface area contributed by atoms with Crippen LogP contribution in [-0.2, 0) is 6.42 Å². The summed E-state index contributed by atoms with van der Waals surface area (Å²) in [6.07, 6.45) is 0.500. The number of nitrogens with two attached hydrogens (primary N) is 1. The van der Waals surface area contributed by atoms with Crippen LogP contribution >= 0.6 is 15.9 Å². The van der Waals surface area contributed by atoms with Crippen LogP contribution in [0.2, 0.25) is 0 Å². The summed E-state index contributed by atoms with van der Waals surface area (Å²) in [7, 11) is 0. The maximum absolute atomic E-state index is 13.3. The second-order valence-corrected chi connectivity index (χ2v) is 5.41. The molecule has 0 unspecified atom stereocenters. The average molecular weight is 348 g/mol. The fraction of sp³-hybridized carbons (Fsp3) is 0.0667. The highest BCUT2D eigenvalue weighted by molar-refractivity contribution is 9.10. The zero-order chi connectivity index (χ0) is 14.8. The fourth-order valence-corrected chi connectivity index (χ4v) is 2.34. The van der Waals surface area contributed by atoms with Gasteiger partial charge in [0.2, 0.25) is 11.7 Å². The van der Waals surface area contributed by atoms with Crippen LogP contribution < -0.4 is 5.73 Å². The topological polar surface area (TPSA) is 64.9 Å². The molecule has 0 saturated carbocycles. The van der Waals surface area contributed by atoms with E-state index in [0.29, 0.717) is 33.9 Å². The Kier molecular flexibility index (Phi) is 3.70. The molecule has 3 rings (SSSR count). The van der Waals surface area contributed by atoms with E-state index < -0.39 is 0 Å². The largest absolute Gasteiger partial charge is 0.399 e. The van der Waals surface area contributed by atoms with Crippen molar-refractivity contribution < 1.29 is 8.91 Å². The van der Waals surface area contributed by atoms with Crippen molar-refractivity contribution in [1.29, 1.82) is 0 Å². The van der Waals surface area contributed by atoms with E-state index in [1.165, 1.54) is 12.1 Å². The molecule has 1 heterocycles. The Morgan fingerprint density at radius 3 is 2.67 bits per heavy atom. The second-order valence-electron chi connectivity index (χ2n) is 4.55. The third-order valence-corrected chi connectivity index (χ3v) is 3.66. The lowest BCUT2D eigenvalue weighted by Crippen LogP contribution is -1.90. The molecule has 0 amide bonds. The molecule has 0 spiro atoms. The van der Waals surface area contributed by atoms with Gasteiger partial charge < -0.3 is 10.3 Å². The predicted octanol–water partition coefficient (Wildman–Crippen LogP) is 3.81. The van der Waals surface area contributed by atoms with E-state index in [0.717, 1.165) is 5.56 Å². The zero-order valence-electron chi connectivity index (χ0n) is 10.9. The van der Waals surface area contributed by atoms with E-state index in [2.05, 4.69) is 26.1 Å². The van der Waals surface area contributed by atoms with Gasteiger partial charge in [-0.1, -0.05) is 33.2 Å². The van der Waals surface area contributed by atoms with Crippen LogP contribution in [0.25, 0.3) is 11.4 Å². The number of aromatic nitrogens is 2. The molecule has 0 atom stereocenters. The number of nitrogen functional groups attached to an aromatic ring is 1. The minimum absolute atomic E-state index is 0.349. The first kappa shape index (κ1) is 13.8. The van der Waals surface area contributed by atoms with Gasteiger partial charge in [0, 0.05) is 15.7 Å². The summed E-state index contributed by atoms with van der Waals surface area (Å²) in [5.41, 5.74) is 7.91. The minimum atomic E-state index is -0.349. The van der Waals surface area contributed by atoms with E-state index in [9.17, 15) is 4.39 Å². The highest BCUT2D eigenvalue weighted by Crippen LogP contribution is 2.27. The molecule has 1 aromatic heterocycles. The Labute approximate surface area is 128 Å². The lowest BCUT2D eigenvalue weighted by Gasteiger charge is -1.98. The van der Waals surface area contributed by atoms with Crippen molar-refractivity contribution in [2.45, 2.75) is 6.42 Å². The van der Waals surface area contributed by atoms with Crippen molar-refractivity contribution in [1.82, 2.24) is 10.1 Å². The SMILES string of the molecule is Nc1ccc(Cc2nc(-c3cc(F)ccc3Br)no2)cc1. The minimum Gasteiger partial charge on any atom is -0.399 e. The number of anilines is 1. The van der Waals surface area contributed by atoms with Gasteiger partial charge in [0.25, 0.3) is 0 Å². The molecule has 106 valence electrons. The molecule has 21 heavy (non-hydrogen) atoms. The van der Waals surface area contributed by atoms with Gasteiger partial charge in [0.05, 0.1) is 6.42 Å². The number of benzene rings is 2. The van der Waals surface area contributed by atoms with Gasteiger partial charge in [-0.05, 0) is 35.9 Å². The van der Waals surface area contributed by atoms with E-state index in [4.69, 9.17) is 10.3 Å². The van der Waals surface area contributed by atoms with Crippen molar-refractivity contribution >= 4 is 21.6 Å². The fourth-order valence-electron chi connectivity index (χ4n) is 1.92. The van der Waals surface area contributed by atoms with Gasteiger partial charge in [0.15, 0.2) is 0 Å². The van der Waals surface area contributed by atoms with Crippen LogP contribution in [0, 0.1) is 5.82 Å². The second kappa shape index (κ2) is 5.65. The summed E-state index contributed by atoms with van der Waals surface area (Å²) < 4.78 is 19.2. The Morgan fingerprint density at radius 1 is 1.14 bits per heavy atom. The van der Waals surface area contributed by atoms with Gasteiger partial charge in [-0.2, -0.15) is 4.98 Å². The lowest BCUT2D eigenvalue weighted by molar-refractivity contribution is 0.385. The van der Waals surface area contributed by atoms with Gasteiger partial charge in [-0.15, -0.1) is 0 Å². The van der Waals surface area contributed by atoms with Crippen molar-refractivity contribution in [2.75, 3.05) is 5.73 Å².